The third-order valence-corrected chi connectivity index (χ3v) is 6.36. The van der Waals surface area contributed by atoms with Crippen LogP contribution >= 0.6 is 0 Å². The van der Waals surface area contributed by atoms with Crippen molar-refractivity contribution in [2.24, 2.45) is 5.73 Å². The van der Waals surface area contributed by atoms with E-state index in [4.69, 9.17) is 15.2 Å². The quantitative estimate of drug-likeness (QED) is 0.310. The number of nitrogens with one attached hydrogen (secondary N) is 1. The van der Waals surface area contributed by atoms with E-state index in [2.05, 4.69) is 10.3 Å². The van der Waals surface area contributed by atoms with E-state index in [0.29, 0.717) is 40.1 Å². The van der Waals surface area contributed by atoms with Crippen molar-refractivity contribution in [3.05, 3.63) is 71.5 Å². The molecule has 5 rings (SSSR count). The minimum absolute atomic E-state index is 0.333. The molecule has 1 fully saturated rings. The molecule has 0 spiro atoms. The number of alkyl halides is 2. The summed E-state index contributed by atoms with van der Waals surface area (Å²) in [7, 11) is 1.58. The summed E-state index contributed by atoms with van der Waals surface area (Å²) in [5, 5.41) is 2.79. The lowest BCUT2D eigenvalue weighted by Crippen LogP contribution is -2.14. The Bertz CT molecular complexity index is 1430. The molecule has 36 heavy (non-hydrogen) atoms. The number of primary amides is 1. The summed E-state index contributed by atoms with van der Waals surface area (Å²) in [5.74, 6) is 1.57. The van der Waals surface area contributed by atoms with Crippen molar-refractivity contribution in [2.75, 3.05) is 19.0 Å². The van der Waals surface area contributed by atoms with Crippen LogP contribution < -0.4 is 20.5 Å². The summed E-state index contributed by atoms with van der Waals surface area (Å²) in [6.45, 7) is 1.39. The number of carbonyl (C=O) groups excluding carboxylic acids is 1. The van der Waals surface area contributed by atoms with Crippen molar-refractivity contribution in [2.45, 2.75) is 32.1 Å². The van der Waals surface area contributed by atoms with Gasteiger partial charge in [0, 0.05) is 17.2 Å². The number of benzene rings is 2. The van der Waals surface area contributed by atoms with Crippen LogP contribution in [-0.4, -0.2) is 35.4 Å². The van der Waals surface area contributed by atoms with Crippen LogP contribution in [0.3, 0.4) is 0 Å². The van der Waals surface area contributed by atoms with Crippen LogP contribution in [0.15, 0.2) is 54.9 Å². The largest absolute Gasteiger partial charge is 0.497 e. The molecule has 0 aliphatic heterocycles. The number of hydrogen-bond acceptors (Lipinski definition) is 5. The normalized spacial score (nSPS) is 13.2. The molecule has 2 aromatic heterocycles. The topological polar surface area (TPSA) is 90.9 Å². The molecule has 3 N–H and O–H groups in total. The fraction of sp³-hybridized carbons (Fsp3) is 0.259. The first-order valence-electron chi connectivity index (χ1n) is 11.6. The summed E-state index contributed by atoms with van der Waals surface area (Å²) >= 11 is 0. The number of anilines is 1. The van der Waals surface area contributed by atoms with Gasteiger partial charge in [-0.2, -0.15) is 0 Å². The lowest BCUT2D eigenvalue weighted by atomic mass is 9.92. The number of methoxy groups -OCH3 is 1. The Balaban J connectivity index is 1.63. The van der Waals surface area contributed by atoms with Crippen molar-refractivity contribution >= 4 is 17.2 Å². The summed E-state index contributed by atoms with van der Waals surface area (Å²) in [4.78, 5) is 16.5. The molecule has 0 bridgehead atoms. The zero-order valence-corrected chi connectivity index (χ0v) is 19.9. The number of aromatic nitrogens is 2. The van der Waals surface area contributed by atoms with Gasteiger partial charge in [-0.1, -0.05) is 6.07 Å². The maximum absolute atomic E-state index is 13.0. The Morgan fingerprint density at radius 3 is 2.53 bits per heavy atom. The number of carbonyl (C=O) groups is 1. The van der Waals surface area contributed by atoms with Gasteiger partial charge in [0.25, 0.3) is 6.43 Å². The maximum Gasteiger partial charge on any atom is 0.255 e. The molecule has 4 aromatic rings. The molecule has 2 heterocycles. The molecule has 1 amide bonds. The van der Waals surface area contributed by atoms with E-state index in [1.54, 1.807) is 55.9 Å². The molecule has 1 saturated carbocycles. The van der Waals surface area contributed by atoms with Crippen LogP contribution in [-0.2, 0) is 0 Å². The van der Waals surface area contributed by atoms with Gasteiger partial charge in [-0.05, 0) is 67.1 Å². The van der Waals surface area contributed by atoms with Gasteiger partial charge in [0.2, 0.25) is 5.91 Å². The van der Waals surface area contributed by atoms with Crippen molar-refractivity contribution in [1.82, 2.24) is 9.38 Å². The van der Waals surface area contributed by atoms with Gasteiger partial charge in [-0.3, -0.25) is 9.20 Å². The molecule has 186 valence electrons. The van der Waals surface area contributed by atoms with Gasteiger partial charge >= 0.3 is 0 Å². The van der Waals surface area contributed by atoms with Gasteiger partial charge in [-0.15, -0.1) is 0 Å². The minimum atomic E-state index is -2.53. The van der Waals surface area contributed by atoms with Crippen molar-refractivity contribution in [1.29, 1.82) is 0 Å². The third-order valence-electron chi connectivity index (χ3n) is 6.36. The SMILES string of the molecule is COc1ccc(Oc2cc(NCC(F)F)c3ncc(-c4ccc(C(N)=O)c(C)c4C4CC4)n3c2)cc1. The van der Waals surface area contributed by atoms with Gasteiger partial charge < -0.3 is 20.5 Å². The fourth-order valence-corrected chi connectivity index (χ4v) is 4.53. The lowest BCUT2D eigenvalue weighted by molar-refractivity contribution is 0.0999. The average molecular weight is 493 g/mol. The zero-order valence-electron chi connectivity index (χ0n) is 19.9. The van der Waals surface area contributed by atoms with Crippen LogP contribution in [0.25, 0.3) is 16.9 Å². The monoisotopic (exact) mass is 492 g/mol. The van der Waals surface area contributed by atoms with E-state index >= 15 is 0 Å². The van der Waals surface area contributed by atoms with E-state index < -0.39 is 18.9 Å². The highest BCUT2D eigenvalue weighted by Gasteiger charge is 2.30. The predicted octanol–water partition coefficient (Wildman–Crippen LogP) is 5.76. The molecule has 2 aromatic carbocycles. The Kier molecular flexibility index (Phi) is 6.22. The second-order valence-electron chi connectivity index (χ2n) is 8.81. The first kappa shape index (κ1) is 23.6. The van der Waals surface area contributed by atoms with Gasteiger partial charge in [0.15, 0.2) is 5.65 Å². The molecule has 9 heteroatoms. The van der Waals surface area contributed by atoms with Crippen molar-refractivity contribution in [3.63, 3.8) is 0 Å². The number of fused-ring (bicyclic) bond motifs is 1. The molecule has 0 unspecified atom stereocenters. The second kappa shape index (κ2) is 9.49. The first-order valence-corrected chi connectivity index (χ1v) is 11.6. The Morgan fingerprint density at radius 2 is 1.89 bits per heavy atom. The van der Waals surface area contributed by atoms with Gasteiger partial charge in [0.1, 0.15) is 17.2 Å². The molecular formula is C27H26F2N4O3. The van der Waals surface area contributed by atoms with E-state index in [1.807, 2.05) is 17.4 Å². The molecule has 0 radical (unpaired) electrons. The summed E-state index contributed by atoms with van der Waals surface area (Å²) < 4.78 is 39.2. The van der Waals surface area contributed by atoms with E-state index in [-0.39, 0.29) is 0 Å². The van der Waals surface area contributed by atoms with Crippen molar-refractivity contribution in [3.8, 4) is 28.5 Å². The molecule has 7 nitrogen and oxygen atoms in total. The average Bonchev–Trinajstić information content (AvgIpc) is 3.61. The van der Waals surface area contributed by atoms with E-state index in [0.717, 1.165) is 35.2 Å². The smallest absolute Gasteiger partial charge is 0.255 e. The summed E-state index contributed by atoms with van der Waals surface area (Å²) in [5.41, 5.74) is 10.6. The number of amides is 1. The van der Waals surface area contributed by atoms with Crippen molar-refractivity contribution < 1.29 is 23.0 Å². The summed E-state index contributed by atoms with van der Waals surface area (Å²) in [6.07, 6.45) is 3.02. The highest BCUT2D eigenvalue weighted by molar-refractivity contribution is 5.96. The number of pyridine rings is 1. The number of nitrogens with two attached hydrogens (primary N) is 1. The van der Waals surface area contributed by atoms with Crippen LogP contribution in [0.5, 0.6) is 17.2 Å². The second-order valence-corrected chi connectivity index (χ2v) is 8.81. The minimum Gasteiger partial charge on any atom is -0.497 e. The number of nitrogens with zero attached hydrogens (tertiary/aromatic N) is 2. The fourth-order valence-electron chi connectivity index (χ4n) is 4.53. The predicted molar refractivity (Wildman–Crippen MR) is 133 cm³/mol. The van der Waals surface area contributed by atoms with Crippen LogP contribution in [0, 0.1) is 6.92 Å². The highest BCUT2D eigenvalue weighted by Crippen LogP contribution is 2.47. The van der Waals surface area contributed by atoms with Crippen LogP contribution in [0.4, 0.5) is 14.5 Å². The molecule has 0 saturated heterocycles. The maximum atomic E-state index is 13.0. The lowest BCUT2D eigenvalue weighted by Gasteiger charge is -2.16. The van der Waals surface area contributed by atoms with Crippen LogP contribution in [0.2, 0.25) is 0 Å². The number of halogens is 2. The first-order chi connectivity index (χ1) is 17.4. The van der Waals surface area contributed by atoms with E-state index in [1.165, 1.54) is 0 Å². The van der Waals surface area contributed by atoms with E-state index in [9.17, 15) is 13.6 Å². The van der Waals surface area contributed by atoms with Crippen LogP contribution in [0.1, 0.15) is 40.2 Å². The third kappa shape index (κ3) is 4.56. The zero-order chi connectivity index (χ0) is 25.4. The number of ether oxygens (including phenoxy) is 2. The standard InChI is InChI=1S/C27H26F2N4O3/c1-15-20(26(30)34)9-10-21(25(15)16-3-4-16)23-12-32-27-22(31-13-24(28)29)11-19(14-33(23)27)36-18-7-5-17(35-2)6-8-18/h5-12,14,16,24,31H,3-4,13H2,1-2H3,(H2,30,34). The molecule has 0 atom stereocenters. The molecular weight excluding hydrogens is 466 g/mol. The van der Waals surface area contributed by atoms with Gasteiger partial charge in [0.05, 0.1) is 37.4 Å². The Hall–Kier alpha value is -4.14. The number of imidazole rings is 1. The number of hydrogen-bond donors (Lipinski definition) is 2. The Morgan fingerprint density at radius 1 is 1.17 bits per heavy atom. The highest BCUT2D eigenvalue weighted by atomic mass is 19.3. The summed E-state index contributed by atoms with van der Waals surface area (Å²) in [6, 6.07) is 12.3. The molecule has 1 aliphatic rings. The van der Waals surface area contributed by atoms with Gasteiger partial charge in [-0.25, -0.2) is 13.8 Å². The number of rotatable bonds is 9. The Labute approximate surface area is 206 Å². The molecule has 1 aliphatic carbocycles.